The van der Waals surface area contributed by atoms with Crippen LogP contribution in [0, 0.1) is 5.41 Å². The first-order valence-corrected chi connectivity index (χ1v) is 5.56. The molecule has 0 aromatic heterocycles. The van der Waals surface area contributed by atoms with Crippen LogP contribution in [0.5, 0.6) is 0 Å². The maximum atomic E-state index is 3.43. The topological polar surface area (TPSA) is 24.1 Å². The van der Waals surface area contributed by atoms with E-state index in [1.165, 1.54) is 32.1 Å². The first kappa shape index (κ1) is 11.0. The van der Waals surface area contributed by atoms with Crippen LogP contribution in [0.1, 0.15) is 52.9 Å². The molecule has 0 aliphatic heterocycles. The Bertz CT molecular complexity index is 132. The molecular formula is C11H24N2. The van der Waals surface area contributed by atoms with E-state index in [0.717, 1.165) is 12.6 Å². The van der Waals surface area contributed by atoms with E-state index in [-0.39, 0.29) is 0 Å². The van der Waals surface area contributed by atoms with Gasteiger partial charge in [-0.1, -0.05) is 40.0 Å². The van der Waals surface area contributed by atoms with Gasteiger partial charge in [0.25, 0.3) is 0 Å². The molecule has 0 heterocycles. The highest BCUT2D eigenvalue weighted by Crippen LogP contribution is 2.17. The molecule has 1 fully saturated rings. The predicted octanol–water partition coefficient (Wildman–Crippen LogP) is 2.46. The van der Waals surface area contributed by atoms with E-state index in [0.29, 0.717) is 5.41 Å². The summed E-state index contributed by atoms with van der Waals surface area (Å²) in [5.74, 6) is 0. The maximum absolute atomic E-state index is 3.43. The molecule has 0 bridgehead atoms. The zero-order valence-electron chi connectivity index (χ0n) is 9.32. The van der Waals surface area contributed by atoms with Gasteiger partial charge in [0.1, 0.15) is 0 Å². The zero-order valence-corrected chi connectivity index (χ0v) is 9.32. The van der Waals surface area contributed by atoms with Gasteiger partial charge in [0.15, 0.2) is 0 Å². The van der Waals surface area contributed by atoms with Crippen molar-refractivity contribution in [3.8, 4) is 0 Å². The van der Waals surface area contributed by atoms with E-state index < -0.39 is 0 Å². The van der Waals surface area contributed by atoms with Crippen LogP contribution >= 0.6 is 0 Å². The molecule has 1 aliphatic rings. The van der Waals surface area contributed by atoms with Crippen molar-refractivity contribution in [1.82, 2.24) is 10.9 Å². The van der Waals surface area contributed by atoms with Gasteiger partial charge >= 0.3 is 0 Å². The molecule has 1 saturated carbocycles. The van der Waals surface area contributed by atoms with Crippen LogP contribution in [-0.2, 0) is 0 Å². The Morgan fingerprint density at radius 2 is 1.69 bits per heavy atom. The summed E-state index contributed by atoms with van der Waals surface area (Å²) in [6.45, 7) is 7.80. The largest absolute Gasteiger partial charge is 0.257 e. The lowest BCUT2D eigenvalue weighted by Crippen LogP contribution is -2.45. The van der Waals surface area contributed by atoms with Gasteiger partial charge in [-0.25, -0.2) is 0 Å². The highest BCUT2D eigenvalue weighted by atomic mass is 15.4. The van der Waals surface area contributed by atoms with E-state index in [2.05, 4.69) is 31.6 Å². The summed E-state index contributed by atoms with van der Waals surface area (Å²) in [5, 5.41) is 0. The summed E-state index contributed by atoms with van der Waals surface area (Å²) in [6.07, 6.45) is 6.91. The summed E-state index contributed by atoms with van der Waals surface area (Å²) < 4.78 is 0. The molecule has 0 aromatic carbocycles. The minimum atomic E-state index is 0.377. The minimum absolute atomic E-state index is 0.377. The van der Waals surface area contributed by atoms with Crippen molar-refractivity contribution in [3.63, 3.8) is 0 Å². The quantitative estimate of drug-likeness (QED) is 0.658. The molecule has 2 heteroatoms. The van der Waals surface area contributed by atoms with E-state index >= 15 is 0 Å². The Morgan fingerprint density at radius 3 is 2.23 bits per heavy atom. The lowest BCUT2D eigenvalue weighted by molar-refractivity contribution is 0.289. The third kappa shape index (κ3) is 5.27. The van der Waals surface area contributed by atoms with Gasteiger partial charge in [0, 0.05) is 12.6 Å². The molecule has 0 unspecified atom stereocenters. The molecule has 0 atom stereocenters. The first-order chi connectivity index (χ1) is 6.08. The molecule has 1 rings (SSSR count). The zero-order chi connectivity index (χ0) is 9.73. The van der Waals surface area contributed by atoms with E-state index in [4.69, 9.17) is 0 Å². The Morgan fingerprint density at radius 1 is 1.08 bits per heavy atom. The number of hydrazine groups is 1. The van der Waals surface area contributed by atoms with Gasteiger partial charge in [-0.2, -0.15) is 0 Å². The lowest BCUT2D eigenvalue weighted by Gasteiger charge is -2.26. The summed E-state index contributed by atoms with van der Waals surface area (Å²) in [5.41, 5.74) is 7.15. The van der Waals surface area contributed by atoms with Crippen molar-refractivity contribution in [3.05, 3.63) is 0 Å². The molecule has 0 saturated heterocycles. The fourth-order valence-corrected chi connectivity index (χ4v) is 1.71. The summed E-state index contributed by atoms with van der Waals surface area (Å²) >= 11 is 0. The fraction of sp³-hybridized carbons (Fsp3) is 1.00. The van der Waals surface area contributed by atoms with Crippen molar-refractivity contribution in [2.75, 3.05) is 6.54 Å². The highest BCUT2D eigenvalue weighted by molar-refractivity contribution is 4.71. The normalized spacial score (nSPS) is 20.5. The minimum Gasteiger partial charge on any atom is -0.257 e. The molecule has 0 spiro atoms. The maximum Gasteiger partial charge on any atom is 0.0212 e. The second-order valence-corrected chi connectivity index (χ2v) is 5.39. The van der Waals surface area contributed by atoms with Crippen LogP contribution in [-0.4, -0.2) is 12.6 Å². The number of hydrogen-bond acceptors (Lipinski definition) is 2. The average molecular weight is 184 g/mol. The summed E-state index contributed by atoms with van der Waals surface area (Å²) in [7, 11) is 0. The van der Waals surface area contributed by atoms with Crippen LogP contribution in [0.15, 0.2) is 0 Å². The molecule has 0 radical (unpaired) electrons. The van der Waals surface area contributed by atoms with Crippen LogP contribution in [0.2, 0.25) is 0 Å². The molecule has 1 aliphatic carbocycles. The van der Waals surface area contributed by atoms with Gasteiger partial charge in [0.05, 0.1) is 0 Å². The van der Waals surface area contributed by atoms with Crippen molar-refractivity contribution in [2.24, 2.45) is 5.41 Å². The number of rotatable bonds is 3. The first-order valence-electron chi connectivity index (χ1n) is 5.56. The number of hydrogen-bond donors (Lipinski definition) is 2. The SMILES string of the molecule is CC(C)(C)CNNC1CCCCC1. The molecular weight excluding hydrogens is 160 g/mol. The van der Waals surface area contributed by atoms with Crippen molar-refractivity contribution < 1.29 is 0 Å². The second kappa shape index (κ2) is 4.97. The van der Waals surface area contributed by atoms with Gasteiger partial charge in [0.2, 0.25) is 0 Å². The highest BCUT2D eigenvalue weighted by Gasteiger charge is 2.14. The lowest BCUT2D eigenvalue weighted by atomic mass is 9.95. The van der Waals surface area contributed by atoms with E-state index in [1.807, 2.05) is 0 Å². The third-order valence-electron chi connectivity index (χ3n) is 2.53. The van der Waals surface area contributed by atoms with Crippen LogP contribution in [0.3, 0.4) is 0 Å². The Balaban J connectivity index is 2.04. The molecule has 13 heavy (non-hydrogen) atoms. The van der Waals surface area contributed by atoms with Crippen LogP contribution in [0.4, 0.5) is 0 Å². The second-order valence-electron chi connectivity index (χ2n) is 5.39. The summed E-state index contributed by atoms with van der Waals surface area (Å²) in [6, 6.07) is 0.719. The Labute approximate surface area is 82.5 Å². The van der Waals surface area contributed by atoms with Crippen molar-refractivity contribution in [2.45, 2.75) is 58.9 Å². The van der Waals surface area contributed by atoms with E-state index in [9.17, 15) is 0 Å². The molecule has 0 aromatic rings. The Hall–Kier alpha value is -0.0800. The molecule has 2 N–H and O–H groups in total. The number of nitrogens with one attached hydrogen (secondary N) is 2. The summed E-state index contributed by atoms with van der Waals surface area (Å²) in [4.78, 5) is 0. The van der Waals surface area contributed by atoms with Gasteiger partial charge in [-0.05, 0) is 18.3 Å². The predicted molar refractivity (Wildman–Crippen MR) is 57.5 cm³/mol. The van der Waals surface area contributed by atoms with Gasteiger partial charge in [-0.3, -0.25) is 10.9 Å². The van der Waals surface area contributed by atoms with E-state index in [1.54, 1.807) is 0 Å². The smallest absolute Gasteiger partial charge is 0.0212 e. The fourth-order valence-electron chi connectivity index (χ4n) is 1.71. The molecule has 0 amide bonds. The van der Waals surface area contributed by atoms with Gasteiger partial charge < -0.3 is 0 Å². The average Bonchev–Trinajstić information content (AvgIpc) is 2.04. The molecule has 78 valence electrons. The van der Waals surface area contributed by atoms with Crippen LogP contribution < -0.4 is 10.9 Å². The standard InChI is InChI=1S/C11H24N2/c1-11(2,3)9-12-13-10-7-5-4-6-8-10/h10,12-13H,4-9H2,1-3H3. The van der Waals surface area contributed by atoms with Crippen molar-refractivity contribution in [1.29, 1.82) is 0 Å². The van der Waals surface area contributed by atoms with Crippen LogP contribution in [0.25, 0.3) is 0 Å². The van der Waals surface area contributed by atoms with Gasteiger partial charge in [-0.15, -0.1) is 0 Å². The van der Waals surface area contributed by atoms with Crippen molar-refractivity contribution >= 4 is 0 Å². The third-order valence-corrected chi connectivity index (χ3v) is 2.53. The molecule has 2 nitrogen and oxygen atoms in total. The monoisotopic (exact) mass is 184 g/mol. The Kier molecular flexibility index (Phi) is 4.20.